The quantitative estimate of drug-likeness (QED) is 0.852. The zero-order valence-electron chi connectivity index (χ0n) is 15.2. The maximum absolute atomic E-state index is 12.9. The lowest BCUT2D eigenvalue weighted by Crippen LogP contribution is -2.56. The van der Waals surface area contributed by atoms with Crippen LogP contribution in [0.25, 0.3) is 0 Å². The lowest BCUT2D eigenvalue weighted by Gasteiger charge is -2.36. The summed E-state index contributed by atoms with van der Waals surface area (Å²) in [6.07, 6.45) is 6.82. The number of nitrogens with one attached hydrogen (secondary N) is 1. The maximum Gasteiger partial charge on any atom is 0.269 e. The molecule has 0 unspecified atom stereocenters. The summed E-state index contributed by atoms with van der Waals surface area (Å²) in [6.45, 7) is 7.85. The molecule has 0 atom stereocenters. The van der Waals surface area contributed by atoms with Gasteiger partial charge in [0, 0.05) is 11.1 Å². The van der Waals surface area contributed by atoms with Crippen LogP contribution in [-0.4, -0.2) is 22.4 Å². The van der Waals surface area contributed by atoms with Gasteiger partial charge in [-0.3, -0.25) is 15.0 Å². The summed E-state index contributed by atoms with van der Waals surface area (Å²) in [7, 11) is 0. The minimum atomic E-state index is -0.492. The van der Waals surface area contributed by atoms with Crippen molar-refractivity contribution < 1.29 is 9.59 Å². The Hall–Kier alpha value is -2.10. The highest BCUT2D eigenvalue weighted by Crippen LogP contribution is 2.22. The number of hydrazine groups is 1. The van der Waals surface area contributed by atoms with Gasteiger partial charge in [-0.2, -0.15) is 0 Å². The minimum absolute atomic E-state index is 0.0965. The molecule has 0 aromatic heterocycles. The topological polar surface area (TPSA) is 49.4 Å². The zero-order valence-corrected chi connectivity index (χ0v) is 15.2. The van der Waals surface area contributed by atoms with Gasteiger partial charge in [-0.15, -0.1) is 0 Å². The monoisotopic (exact) mass is 328 g/mol. The number of allylic oxidation sites excluding steroid dienone is 1. The van der Waals surface area contributed by atoms with Crippen molar-refractivity contribution in [2.24, 2.45) is 0 Å². The van der Waals surface area contributed by atoms with Crippen LogP contribution in [0.2, 0.25) is 0 Å². The summed E-state index contributed by atoms with van der Waals surface area (Å²) in [5.74, 6) is -0.349. The van der Waals surface area contributed by atoms with Gasteiger partial charge in [0.05, 0.1) is 5.54 Å². The Morgan fingerprint density at radius 3 is 2.29 bits per heavy atom. The van der Waals surface area contributed by atoms with Gasteiger partial charge in [-0.25, -0.2) is 5.01 Å². The molecular weight excluding hydrogens is 300 g/mol. The summed E-state index contributed by atoms with van der Waals surface area (Å²) in [6, 6.07) is 7.50. The molecule has 2 rings (SSSR count). The number of nitrogens with zero attached hydrogens (tertiary/aromatic N) is 1. The van der Waals surface area contributed by atoms with E-state index < -0.39 is 5.54 Å². The highest BCUT2D eigenvalue weighted by molar-refractivity contribution is 5.99. The van der Waals surface area contributed by atoms with E-state index in [0.29, 0.717) is 5.56 Å². The van der Waals surface area contributed by atoms with Crippen LogP contribution in [0.1, 0.15) is 69.3 Å². The van der Waals surface area contributed by atoms with Gasteiger partial charge in [-0.05, 0) is 70.6 Å². The Morgan fingerprint density at radius 1 is 1.12 bits per heavy atom. The predicted octanol–water partition coefficient (Wildman–Crippen LogP) is 4.02. The molecule has 0 saturated carbocycles. The molecule has 0 bridgehead atoms. The number of rotatable bonds is 3. The third-order valence-corrected chi connectivity index (χ3v) is 4.28. The van der Waals surface area contributed by atoms with E-state index in [0.717, 1.165) is 37.7 Å². The highest BCUT2D eigenvalue weighted by Gasteiger charge is 2.30. The number of aryl methyl sites for hydroxylation is 1. The number of benzene rings is 1. The summed E-state index contributed by atoms with van der Waals surface area (Å²) < 4.78 is 0. The highest BCUT2D eigenvalue weighted by atomic mass is 16.2. The molecule has 1 aromatic carbocycles. The molecule has 4 heteroatoms. The van der Waals surface area contributed by atoms with Crippen LogP contribution in [0.15, 0.2) is 35.9 Å². The number of hydrogen-bond donors (Lipinski definition) is 1. The molecule has 0 fully saturated rings. The van der Waals surface area contributed by atoms with Gasteiger partial charge in [0.25, 0.3) is 11.8 Å². The molecule has 0 spiro atoms. The average Bonchev–Trinajstić information content (AvgIpc) is 2.58. The summed E-state index contributed by atoms with van der Waals surface area (Å²) >= 11 is 0. The van der Waals surface area contributed by atoms with E-state index in [4.69, 9.17) is 0 Å². The molecule has 2 amide bonds. The van der Waals surface area contributed by atoms with Crippen molar-refractivity contribution in [3.05, 3.63) is 47.0 Å². The standard InChI is InChI=1S/C20H28N2O2/c1-5-15-11-13-16(14-12-15)18(23)21-22(20(2,3)4)19(24)17-9-7-6-8-10-17/h9,11-14H,5-8,10H2,1-4H3,(H,21,23). The Morgan fingerprint density at radius 2 is 1.79 bits per heavy atom. The Balaban J connectivity index is 2.17. The molecular formula is C20H28N2O2. The molecule has 4 nitrogen and oxygen atoms in total. The van der Waals surface area contributed by atoms with Crippen LogP contribution in [-0.2, 0) is 11.2 Å². The van der Waals surface area contributed by atoms with Gasteiger partial charge in [0.2, 0.25) is 0 Å². The average molecular weight is 328 g/mol. The first kappa shape index (κ1) is 18.2. The second-order valence-electron chi connectivity index (χ2n) is 7.28. The van der Waals surface area contributed by atoms with Gasteiger partial charge >= 0.3 is 0 Å². The van der Waals surface area contributed by atoms with E-state index in [2.05, 4.69) is 12.3 Å². The van der Waals surface area contributed by atoms with E-state index in [1.807, 2.05) is 39.0 Å². The van der Waals surface area contributed by atoms with E-state index >= 15 is 0 Å². The SMILES string of the molecule is CCc1ccc(C(=O)NN(C(=O)C2=CCCCC2)C(C)(C)C)cc1. The van der Waals surface area contributed by atoms with Crippen molar-refractivity contribution in [1.29, 1.82) is 0 Å². The number of carbonyl (C=O) groups excluding carboxylic acids is 2. The van der Waals surface area contributed by atoms with Gasteiger partial charge < -0.3 is 0 Å². The summed E-state index contributed by atoms with van der Waals surface area (Å²) in [5.41, 5.74) is 4.87. The molecule has 1 N–H and O–H groups in total. The fraction of sp³-hybridized carbons (Fsp3) is 0.500. The first-order chi connectivity index (χ1) is 11.3. The van der Waals surface area contributed by atoms with E-state index in [-0.39, 0.29) is 11.8 Å². The first-order valence-corrected chi connectivity index (χ1v) is 8.76. The van der Waals surface area contributed by atoms with E-state index in [9.17, 15) is 9.59 Å². The summed E-state index contributed by atoms with van der Waals surface area (Å²) in [4.78, 5) is 25.4. The smallest absolute Gasteiger partial charge is 0.268 e. The van der Waals surface area contributed by atoms with Crippen LogP contribution in [0.3, 0.4) is 0 Å². The molecule has 24 heavy (non-hydrogen) atoms. The molecule has 0 radical (unpaired) electrons. The van der Waals surface area contributed by atoms with Crippen molar-refractivity contribution >= 4 is 11.8 Å². The van der Waals surface area contributed by atoms with Gasteiger partial charge in [0.1, 0.15) is 0 Å². The van der Waals surface area contributed by atoms with Crippen molar-refractivity contribution in [1.82, 2.24) is 10.4 Å². The molecule has 1 aliphatic carbocycles. The van der Waals surface area contributed by atoms with Crippen molar-refractivity contribution in [2.75, 3.05) is 0 Å². The third kappa shape index (κ3) is 4.47. The minimum Gasteiger partial charge on any atom is -0.268 e. The zero-order chi connectivity index (χ0) is 17.7. The second kappa shape index (κ2) is 7.65. The van der Waals surface area contributed by atoms with E-state index in [1.165, 1.54) is 10.6 Å². The third-order valence-electron chi connectivity index (χ3n) is 4.28. The van der Waals surface area contributed by atoms with Gasteiger partial charge in [0.15, 0.2) is 0 Å². The number of amides is 2. The lowest BCUT2D eigenvalue weighted by molar-refractivity contribution is -0.135. The Labute approximate surface area is 144 Å². The largest absolute Gasteiger partial charge is 0.269 e. The first-order valence-electron chi connectivity index (χ1n) is 8.76. The maximum atomic E-state index is 12.9. The van der Waals surface area contributed by atoms with Crippen molar-refractivity contribution in [3.63, 3.8) is 0 Å². The predicted molar refractivity (Wildman–Crippen MR) is 96.4 cm³/mol. The lowest BCUT2D eigenvalue weighted by atomic mass is 9.97. The molecule has 0 heterocycles. The second-order valence-corrected chi connectivity index (χ2v) is 7.28. The molecule has 0 aliphatic heterocycles. The van der Waals surface area contributed by atoms with Crippen molar-refractivity contribution in [2.45, 2.75) is 65.3 Å². The van der Waals surface area contributed by atoms with Crippen LogP contribution < -0.4 is 5.43 Å². The number of carbonyl (C=O) groups is 2. The van der Waals surface area contributed by atoms with Crippen LogP contribution >= 0.6 is 0 Å². The normalized spacial score (nSPS) is 14.8. The Bertz CT molecular complexity index is 624. The Kier molecular flexibility index (Phi) is 5.81. The fourth-order valence-corrected chi connectivity index (χ4v) is 2.76. The summed E-state index contributed by atoms with van der Waals surface area (Å²) in [5, 5.41) is 1.47. The van der Waals surface area contributed by atoms with Crippen LogP contribution in [0, 0.1) is 0 Å². The molecule has 1 aliphatic rings. The van der Waals surface area contributed by atoms with Gasteiger partial charge in [-0.1, -0.05) is 25.1 Å². The van der Waals surface area contributed by atoms with Crippen LogP contribution in [0.5, 0.6) is 0 Å². The number of hydrogen-bond acceptors (Lipinski definition) is 2. The fourth-order valence-electron chi connectivity index (χ4n) is 2.76. The molecule has 130 valence electrons. The molecule has 0 saturated heterocycles. The van der Waals surface area contributed by atoms with Crippen molar-refractivity contribution in [3.8, 4) is 0 Å². The molecule has 1 aromatic rings. The van der Waals surface area contributed by atoms with E-state index in [1.54, 1.807) is 12.1 Å². The van der Waals surface area contributed by atoms with Crippen LogP contribution in [0.4, 0.5) is 0 Å².